The maximum atomic E-state index is 11.0. The summed E-state index contributed by atoms with van der Waals surface area (Å²) in [6.07, 6.45) is 0.563. The van der Waals surface area contributed by atoms with Crippen LogP contribution in [-0.2, 0) is 0 Å². The zero-order valence-corrected chi connectivity index (χ0v) is 11.7. The van der Waals surface area contributed by atoms with Crippen molar-refractivity contribution in [1.29, 1.82) is 0 Å². The van der Waals surface area contributed by atoms with Crippen LogP contribution in [0.4, 0.5) is 5.69 Å². The van der Waals surface area contributed by atoms with Crippen LogP contribution in [0.3, 0.4) is 0 Å². The summed E-state index contributed by atoms with van der Waals surface area (Å²) in [5.74, 6) is 0.549. The molecule has 0 aromatic heterocycles. The quantitative estimate of drug-likeness (QED) is 0.476. The third-order valence-electron chi connectivity index (χ3n) is 2.68. The minimum absolute atomic E-state index is 0.0234. The molecule has 0 fully saturated rings. The van der Waals surface area contributed by atoms with E-state index in [4.69, 9.17) is 21.1 Å². The SMILES string of the molecule is COc1ccc([N+](=O)[O-])c(Oc2ccc(Cl)cc2C=O)c1. The molecule has 0 bridgehead atoms. The Balaban J connectivity index is 2.47. The first-order valence-electron chi connectivity index (χ1n) is 5.80. The van der Waals surface area contributed by atoms with Crippen molar-refractivity contribution in [2.45, 2.75) is 0 Å². The highest BCUT2D eigenvalue weighted by Gasteiger charge is 2.18. The molecule has 6 nitrogen and oxygen atoms in total. The fourth-order valence-electron chi connectivity index (χ4n) is 1.68. The molecular formula is C14H10ClNO5. The lowest BCUT2D eigenvalue weighted by Gasteiger charge is -2.10. The molecule has 0 aliphatic rings. The van der Waals surface area contributed by atoms with Crippen LogP contribution >= 0.6 is 11.6 Å². The maximum absolute atomic E-state index is 11.0. The monoisotopic (exact) mass is 307 g/mol. The molecule has 0 aliphatic carbocycles. The Morgan fingerprint density at radius 1 is 1.19 bits per heavy atom. The van der Waals surface area contributed by atoms with Crippen LogP contribution in [0, 0.1) is 10.1 Å². The summed E-state index contributed by atoms with van der Waals surface area (Å²) in [6, 6.07) is 8.50. The topological polar surface area (TPSA) is 78.7 Å². The highest BCUT2D eigenvalue weighted by Crippen LogP contribution is 2.36. The average molecular weight is 308 g/mol. The zero-order chi connectivity index (χ0) is 15.4. The van der Waals surface area contributed by atoms with Crippen molar-refractivity contribution in [2.75, 3.05) is 7.11 Å². The number of carbonyl (C=O) groups is 1. The van der Waals surface area contributed by atoms with E-state index in [1.165, 1.54) is 43.5 Å². The molecule has 0 saturated heterocycles. The van der Waals surface area contributed by atoms with Gasteiger partial charge in [-0.2, -0.15) is 0 Å². The fourth-order valence-corrected chi connectivity index (χ4v) is 1.86. The second kappa shape index (κ2) is 6.23. The van der Waals surface area contributed by atoms with Crippen molar-refractivity contribution in [1.82, 2.24) is 0 Å². The summed E-state index contributed by atoms with van der Waals surface area (Å²) in [7, 11) is 1.43. The summed E-state index contributed by atoms with van der Waals surface area (Å²) in [5.41, 5.74) is -0.0396. The lowest BCUT2D eigenvalue weighted by Crippen LogP contribution is -1.96. The summed E-state index contributed by atoms with van der Waals surface area (Å²) >= 11 is 5.79. The molecular weight excluding hydrogens is 298 g/mol. The molecule has 108 valence electrons. The second-order valence-electron chi connectivity index (χ2n) is 3.99. The predicted molar refractivity (Wildman–Crippen MR) is 76.6 cm³/mol. The van der Waals surface area contributed by atoms with E-state index in [2.05, 4.69) is 0 Å². The number of halogens is 1. The number of hydrogen-bond donors (Lipinski definition) is 0. The molecule has 0 aliphatic heterocycles. The largest absolute Gasteiger partial charge is 0.497 e. The van der Waals surface area contributed by atoms with Gasteiger partial charge in [-0.15, -0.1) is 0 Å². The van der Waals surface area contributed by atoms with Crippen molar-refractivity contribution in [3.8, 4) is 17.2 Å². The van der Waals surface area contributed by atoms with Crippen LogP contribution < -0.4 is 9.47 Å². The number of ether oxygens (including phenoxy) is 2. The first-order chi connectivity index (χ1) is 10.0. The van der Waals surface area contributed by atoms with Crippen LogP contribution in [0.2, 0.25) is 5.02 Å². The number of rotatable bonds is 5. The van der Waals surface area contributed by atoms with Gasteiger partial charge in [0, 0.05) is 17.2 Å². The summed E-state index contributed by atoms with van der Waals surface area (Å²) in [5, 5.41) is 11.4. The lowest BCUT2D eigenvalue weighted by atomic mass is 10.2. The van der Waals surface area contributed by atoms with Crippen molar-refractivity contribution in [3.63, 3.8) is 0 Å². The minimum Gasteiger partial charge on any atom is -0.497 e. The highest BCUT2D eigenvalue weighted by molar-refractivity contribution is 6.30. The molecule has 21 heavy (non-hydrogen) atoms. The number of carbonyl (C=O) groups excluding carboxylic acids is 1. The third-order valence-corrected chi connectivity index (χ3v) is 2.92. The molecule has 0 radical (unpaired) electrons. The molecule has 0 amide bonds. The van der Waals surface area contributed by atoms with Crippen LogP contribution in [0.15, 0.2) is 36.4 Å². The fraction of sp³-hybridized carbons (Fsp3) is 0.0714. The van der Waals surface area contributed by atoms with Crippen LogP contribution in [0.5, 0.6) is 17.2 Å². The van der Waals surface area contributed by atoms with E-state index in [1.807, 2.05) is 0 Å². The molecule has 2 aromatic carbocycles. The zero-order valence-electron chi connectivity index (χ0n) is 10.9. The van der Waals surface area contributed by atoms with Gasteiger partial charge in [0.25, 0.3) is 0 Å². The first kappa shape index (κ1) is 14.8. The van der Waals surface area contributed by atoms with Gasteiger partial charge in [-0.1, -0.05) is 11.6 Å². The summed E-state index contributed by atoms with van der Waals surface area (Å²) in [4.78, 5) is 21.5. The number of nitrogens with zero attached hydrogens (tertiary/aromatic N) is 1. The van der Waals surface area contributed by atoms with Crippen molar-refractivity contribution >= 4 is 23.6 Å². The Bertz CT molecular complexity index is 702. The maximum Gasteiger partial charge on any atom is 0.311 e. The molecule has 0 atom stereocenters. The van der Waals surface area contributed by atoms with Gasteiger partial charge >= 0.3 is 5.69 Å². The van der Waals surface area contributed by atoms with E-state index < -0.39 is 4.92 Å². The number of nitro groups is 1. The van der Waals surface area contributed by atoms with Crippen molar-refractivity contribution in [2.24, 2.45) is 0 Å². The van der Waals surface area contributed by atoms with Crippen LogP contribution in [0.25, 0.3) is 0 Å². The van der Waals surface area contributed by atoms with E-state index in [1.54, 1.807) is 0 Å². The van der Waals surface area contributed by atoms with Gasteiger partial charge in [-0.3, -0.25) is 14.9 Å². The van der Waals surface area contributed by atoms with Gasteiger partial charge in [0.2, 0.25) is 5.75 Å². The van der Waals surface area contributed by atoms with E-state index in [0.29, 0.717) is 17.1 Å². The van der Waals surface area contributed by atoms with E-state index in [9.17, 15) is 14.9 Å². The Labute approximate surface area is 125 Å². The van der Waals surface area contributed by atoms with Crippen molar-refractivity contribution in [3.05, 3.63) is 57.1 Å². The lowest BCUT2D eigenvalue weighted by molar-refractivity contribution is -0.385. The molecule has 0 saturated carbocycles. The number of nitro benzene ring substituents is 1. The molecule has 2 aromatic rings. The molecule has 0 N–H and O–H groups in total. The van der Waals surface area contributed by atoms with Gasteiger partial charge in [-0.25, -0.2) is 0 Å². The third kappa shape index (κ3) is 3.29. The number of benzene rings is 2. The normalized spacial score (nSPS) is 10.0. The van der Waals surface area contributed by atoms with E-state index >= 15 is 0 Å². The minimum atomic E-state index is -0.578. The van der Waals surface area contributed by atoms with Crippen LogP contribution in [-0.4, -0.2) is 18.3 Å². The van der Waals surface area contributed by atoms with Gasteiger partial charge in [0.05, 0.1) is 17.6 Å². The molecule has 0 spiro atoms. The molecule has 0 heterocycles. The van der Waals surface area contributed by atoms with Gasteiger partial charge < -0.3 is 9.47 Å². The van der Waals surface area contributed by atoms with E-state index in [-0.39, 0.29) is 22.7 Å². The van der Waals surface area contributed by atoms with Gasteiger partial charge in [0.15, 0.2) is 6.29 Å². The van der Waals surface area contributed by atoms with E-state index in [0.717, 1.165) is 0 Å². The Hall–Kier alpha value is -2.60. The Morgan fingerprint density at radius 3 is 2.57 bits per heavy atom. The Morgan fingerprint density at radius 2 is 1.95 bits per heavy atom. The Kier molecular flexibility index (Phi) is 4.39. The standard InChI is InChI=1S/C14H10ClNO5/c1-20-11-3-4-12(16(18)19)14(7-11)21-13-5-2-10(15)6-9(13)8-17/h2-8H,1H3. The molecule has 7 heteroatoms. The summed E-state index contributed by atoms with van der Waals surface area (Å²) in [6.45, 7) is 0. The highest BCUT2D eigenvalue weighted by atomic mass is 35.5. The van der Waals surface area contributed by atoms with Crippen LogP contribution in [0.1, 0.15) is 10.4 Å². The average Bonchev–Trinajstić information content (AvgIpc) is 2.48. The number of hydrogen-bond acceptors (Lipinski definition) is 5. The number of aldehydes is 1. The summed E-state index contributed by atoms with van der Waals surface area (Å²) < 4.78 is 10.5. The van der Waals surface area contributed by atoms with Gasteiger partial charge in [0.1, 0.15) is 11.5 Å². The first-order valence-corrected chi connectivity index (χ1v) is 6.18. The predicted octanol–water partition coefficient (Wildman–Crippen LogP) is 3.86. The van der Waals surface area contributed by atoms with Crippen molar-refractivity contribution < 1.29 is 19.2 Å². The second-order valence-corrected chi connectivity index (χ2v) is 4.43. The number of methoxy groups -OCH3 is 1. The smallest absolute Gasteiger partial charge is 0.311 e. The molecule has 0 unspecified atom stereocenters. The van der Waals surface area contributed by atoms with Gasteiger partial charge in [-0.05, 0) is 24.3 Å². The molecule has 2 rings (SSSR count).